The molecule has 7 heteroatoms. The SMILES string of the molecule is N#Cc1ccc(C(=O)Nc2ccc(O)c([N+](=O)[O-])c2)cc1. The van der Waals surface area contributed by atoms with Crippen LogP contribution in [0.4, 0.5) is 11.4 Å². The number of hydrogen-bond donors (Lipinski definition) is 2. The van der Waals surface area contributed by atoms with Gasteiger partial charge < -0.3 is 10.4 Å². The van der Waals surface area contributed by atoms with Crippen LogP contribution >= 0.6 is 0 Å². The Morgan fingerprint density at radius 2 is 1.90 bits per heavy atom. The first-order valence-electron chi connectivity index (χ1n) is 5.80. The van der Waals surface area contributed by atoms with Gasteiger partial charge in [-0.1, -0.05) is 0 Å². The highest BCUT2D eigenvalue weighted by Crippen LogP contribution is 2.28. The lowest BCUT2D eigenvalue weighted by molar-refractivity contribution is -0.385. The summed E-state index contributed by atoms with van der Waals surface area (Å²) in [5.74, 6) is -0.948. The van der Waals surface area contributed by atoms with Crippen LogP contribution in [0.1, 0.15) is 15.9 Å². The molecule has 2 aromatic rings. The van der Waals surface area contributed by atoms with Gasteiger partial charge in [-0.3, -0.25) is 14.9 Å². The number of carbonyl (C=O) groups excluding carboxylic acids is 1. The predicted molar refractivity (Wildman–Crippen MR) is 73.9 cm³/mol. The standard InChI is InChI=1S/C14H9N3O4/c15-8-9-1-3-10(4-2-9)14(19)16-11-5-6-13(18)12(7-11)17(20)21/h1-7,18H,(H,16,19). The minimum absolute atomic E-state index is 0.189. The molecular formula is C14H9N3O4. The normalized spacial score (nSPS) is 9.67. The molecule has 21 heavy (non-hydrogen) atoms. The maximum absolute atomic E-state index is 12.0. The van der Waals surface area contributed by atoms with Crippen molar-refractivity contribution in [2.75, 3.05) is 5.32 Å². The molecule has 2 rings (SSSR count). The molecule has 7 nitrogen and oxygen atoms in total. The number of nitrogens with one attached hydrogen (secondary N) is 1. The van der Waals surface area contributed by atoms with Crippen LogP contribution < -0.4 is 5.32 Å². The average molecular weight is 283 g/mol. The van der Waals surface area contributed by atoms with E-state index in [9.17, 15) is 20.0 Å². The Bertz CT molecular complexity index is 748. The molecular weight excluding hydrogens is 274 g/mol. The highest BCUT2D eigenvalue weighted by molar-refractivity contribution is 6.04. The van der Waals surface area contributed by atoms with Crippen molar-refractivity contribution in [3.8, 4) is 11.8 Å². The molecule has 2 aromatic carbocycles. The number of hydrogen-bond acceptors (Lipinski definition) is 5. The topological polar surface area (TPSA) is 116 Å². The molecule has 0 radical (unpaired) electrons. The summed E-state index contributed by atoms with van der Waals surface area (Å²) in [7, 11) is 0. The quantitative estimate of drug-likeness (QED) is 0.509. The molecule has 0 aliphatic carbocycles. The van der Waals surface area contributed by atoms with E-state index in [-0.39, 0.29) is 5.69 Å². The first-order valence-corrected chi connectivity index (χ1v) is 5.80. The minimum Gasteiger partial charge on any atom is -0.502 e. The van der Waals surface area contributed by atoms with Crippen molar-refractivity contribution in [2.24, 2.45) is 0 Å². The number of phenols is 1. The third kappa shape index (κ3) is 3.13. The van der Waals surface area contributed by atoms with Gasteiger partial charge >= 0.3 is 5.69 Å². The molecule has 0 bridgehead atoms. The van der Waals surface area contributed by atoms with Crippen LogP contribution in [0.3, 0.4) is 0 Å². The van der Waals surface area contributed by atoms with Gasteiger partial charge in [-0.05, 0) is 36.4 Å². The maximum Gasteiger partial charge on any atom is 0.312 e. The van der Waals surface area contributed by atoms with E-state index in [4.69, 9.17) is 5.26 Å². The number of carbonyl (C=O) groups is 1. The van der Waals surface area contributed by atoms with Gasteiger partial charge in [0.15, 0.2) is 5.75 Å². The number of benzene rings is 2. The molecule has 0 atom stereocenters. The van der Waals surface area contributed by atoms with Crippen molar-refractivity contribution < 1.29 is 14.8 Å². The second kappa shape index (κ2) is 5.71. The van der Waals surface area contributed by atoms with Gasteiger partial charge in [0, 0.05) is 17.3 Å². The van der Waals surface area contributed by atoms with E-state index >= 15 is 0 Å². The van der Waals surface area contributed by atoms with Gasteiger partial charge in [0.2, 0.25) is 0 Å². The van der Waals surface area contributed by atoms with Crippen LogP contribution in [0.25, 0.3) is 0 Å². The fourth-order valence-electron chi connectivity index (χ4n) is 1.65. The third-order valence-corrected chi connectivity index (χ3v) is 2.71. The molecule has 1 amide bonds. The molecule has 0 fully saturated rings. The van der Waals surface area contributed by atoms with Crippen LogP contribution in [0.2, 0.25) is 0 Å². The van der Waals surface area contributed by atoms with E-state index in [0.29, 0.717) is 11.1 Å². The Balaban J connectivity index is 2.21. The lowest BCUT2D eigenvalue weighted by Crippen LogP contribution is -2.11. The Morgan fingerprint density at radius 3 is 2.48 bits per heavy atom. The van der Waals surface area contributed by atoms with Crippen LogP contribution in [0.15, 0.2) is 42.5 Å². The van der Waals surface area contributed by atoms with Crippen molar-refractivity contribution in [1.82, 2.24) is 0 Å². The van der Waals surface area contributed by atoms with Crippen LogP contribution in [-0.2, 0) is 0 Å². The highest BCUT2D eigenvalue weighted by Gasteiger charge is 2.15. The molecule has 2 N–H and O–H groups in total. The Morgan fingerprint density at radius 1 is 1.24 bits per heavy atom. The first-order chi connectivity index (χ1) is 10.0. The molecule has 0 aromatic heterocycles. The number of nitro groups is 1. The van der Waals surface area contributed by atoms with Crippen molar-refractivity contribution >= 4 is 17.3 Å². The lowest BCUT2D eigenvalue weighted by Gasteiger charge is -2.06. The molecule has 104 valence electrons. The second-order valence-corrected chi connectivity index (χ2v) is 4.10. The second-order valence-electron chi connectivity index (χ2n) is 4.10. The molecule has 0 unspecified atom stereocenters. The van der Waals surface area contributed by atoms with E-state index in [1.165, 1.54) is 30.3 Å². The zero-order valence-corrected chi connectivity index (χ0v) is 10.6. The molecule has 0 saturated heterocycles. The van der Waals surface area contributed by atoms with Crippen molar-refractivity contribution in [2.45, 2.75) is 0 Å². The van der Waals surface area contributed by atoms with Crippen molar-refractivity contribution in [3.63, 3.8) is 0 Å². The summed E-state index contributed by atoms with van der Waals surface area (Å²) in [4.78, 5) is 21.9. The summed E-state index contributed by atoms with van der Waals surface area (Å²) >= 11 is 0. The number of aromatic hydroxyl groups is 1. The molecule has 0 heterocycles. The number of phenolic OH excluding ortho intramolecular Hbond substituents is 1. The number of rotatable bonds is 3. The Hall–Kier alpha value is -3.40. The number of nitrogens with zero attached hydrogens (tertiary/aromatic N) is 2. The molecule has 0 spiro atoms. The van der Waals surface area contributed by atoms with Gasteiger partial charge in [0.05, 0.1) is 16.6 Å². The first kappa shape index (κ1) is 14.0. The summed E-state index contributed by atoms with van der Waals surface area (Å²) in [6.07, 6.45) is 0. The van der Waals surface area contributed by atoms with Gasteiger partial charge in [0.25, 0.3) is 5.91 Å². The minimum atomic E-state index is -0.743. The highest BCUT2D eigenvalue weighted by atomic mass is 16.6. The van der Waals surface area contributed by atoms with E-state index in [2.05, 4.69) is 5.32 Å². The van der Waals surface area contributed by atoms with E-state index in [1.807, 2.05) is 6.07 Å². The predicted octanol–water partition coefficient (Wildman–Crippen LogP) is 2.42. The summed E-state index contributed by atoms with van der Waals surface area (Å²) in [6, 6.07) is 11.4. The number of nitro benzene ring substituents is 1. The largest absolute Gasteiger partial charge is 0.502 e. The summed E-state index contributed by atoms with van der Waals surface area (Å²) in [5.41, 5.74) is 0.429. The summed E-state index contributed by atoms with van der Waals surface area (Å²) in [5, 5.41) is 31.2. The number of nitriles is 1. The zero-order valence-electron chi connectivity index (χ0n) is 10.6. The monoisotopic (exact) mass is 283 g/mol. The van der Waals surface area contributed by atoms with E-state index in [0.717, 1.165) is 12.1 Å². The molecule has 0 aliphatic heterocycles. The van der Waals surface area contributed by atoms with E-state index < -0.39 is 22.3 Å². The number of anilines is 1. The van der Waals surface area contributed by atoms with Crippen molar-refractivity contribution in [3.05, 3.63) is 63.7 Å². The molecule has 0 saturated carbocycles. The maximum atomic E-state index is 12.0. The Kier molecular flexibility index (Phi) is 3.81. The fourth-order valence-corrected chi connectivity index (χ4v) is 1.65. The smallest absolute Gasteiger partial charge is 0.312 e. The Labute approximate surface area is 119 Å². The van der Waals surface area contributed by atoms with Crippen LogP contribution in [0.5, 0.6) is 5.75 Å². The van der Waals surface area contributed by atoms with Gasteiger partial charge in [-0.2, -0.15) is 5.26 Å². The zero-order chi connectivity index (χ0) is 15.4. The van der Waals surface area contributed by atoms with Gasteiger partial charge in [0.1, 0.15) is 0 Å². The van der Waals surface area contributed by atoms with Crippen LogP contribution in [0, 0.1) is 21.4 Å². The third-order valence-electron chi connectivity index (χ3n) is 2.71. The van der Waals surface area contributed by atoms with Crippen LogP contribution in [-0.4, -0.2) is 15.9 Å². The van der Waals surface area contributed by atoms with Gasteiger partial charge in [-0.25, -0.2) is 0 Å². The van der Waals surface area contributed by atoms with Crippen molar-refractivity contribution in [1.29, 1.82) is 5.26 Å². The fraction of sp³-hybridized carbons (Fsp3) is 0. The lowest BCUT2D eigenvalue weighted by atomic mass is 10.1. The van der Waals surface area contributed by atoms with Gasteiger partial charge in [-0.15, -0.1) is 0 Å². The number of amides is 1. The summed E-state index contributed by atoms with van der Waals surface area (Å²) in [6.45, 7) is 0. The van der Waals surface area contributed by atoms with E-state index in [1.54, 1.807) is 0 Å². The molecule has 0 aliphatic rings. The summed E-state index contributed by atoms with van der Waals surface area (Å²) < 4.78 is 0. The average Bonchev–Trinajstić information content (AvgIpc) is 2.49.